The highest BCUT2D eigenvalue weighted by molar-refractivity contribution is 9.10. The van der Waals surface area contributed by atoms with E-state index >= 15 is 0 Å². The van der Waals surface area contributed by atoms with Crippen molar-refractivity contribution in [2.45, 2.75) is 13.8 Å². The van der Waals surface area contributed by atoms with Gasteiger partial charge in [-0.25, -0.2) is 0 Å². The quantitative estimate of drug-likeness (QED) is 0.897. The number of aliphatic carboxylic acids is 1. The molecule has 0 unspecified atom stereocenters. The third-order valence-corrected chi connectivity index (χ3v) is 3.47. The number of hydrogen-bond acceptors (Lipinski definition) is 3. The van der Waals surface area contributed by atoms with Crippen LogP contribution >= 0.6 is 15.9 Å². The van der Waals surface area contributed by atoms with Crippen molar-refractivity contribution in [3.05, 3.63) is 34.5 Å². The first-order valence-corrected chi connectivity index (χ1v) is 6.79. The fourth-order valence-corrected chi connectivity index (χ4v) is 1.97. The highest BCUT2D eigenvalue weighted by Gasteiger charge is 2.28. The molecule has 1 amide bonds. The lowest BCUT2D eigenvalue weighted by atomic mass is 9.94. The van der Waals surface area contributed by atoms with Crippen LogP contribution in [0.5, 0.6) is 0 Å². The van der Waals surface area contributed by atoms with Crippen molar-refractivity contribution in [1.29, 1.82) is 0 Å². The van der Waals surface area contributed by atoms with Crippen LogP contribution in [-0.4, -0.2) is 23.5 Å². The molecule has 2 aromatic rings. The van der Waals surface area contributed by atoms with E-state index in [0.717, 1.165) is 9.86 Å². The maximum atomic E-state index is 12.0. The first-order chi connectivity index (χ1) is 9.29. The predicted octanol–water partition coefficient (Wildman–Crippen LogP) is 3.04. The zero-order valence-corrected chi connectivity index (χ0v) is 12.7. The minimum Gasteiger partial charge on any atom is -0.481 e. The fraction of sp³-hybridized carbons (Fsp3) is 0.286. The summed E-state index contributed by atoms with van der Waals surface area (Å²) in [6.45, 7) is 3.12. The van der Waals surface area contributed by atoms with Crippen LogP contribution in [0.3, 0.4) is 0 Å². The van der Waals surface area contributed by atoms with Crippen molar-refractivity contribution in [3.8, 4) is 0 Å². The monoisotopic (exact) mass is 339 g/mol. The number of carbonyl (C=O) groups excluding carboxylic acids is 1. The van der Waals surface area contributed by atoms with Gasteiger partial charge in [-0.05, 0) is 38.1 Å². The normalized spacial score (nSPS) is 11.6. The topological polar surface area (TPSA) is 79.5 Å². The van der Waals surface area contributed by atoms with Crippen molar-refractivity contribution in [2.24, 2.45) is 5.41 Å². The largest absolute Gasteiger partial charge is 0.481 e. The van der Waals surface area contributed by atoms with Gasteiger partial charge in [-0.1, -0.05) is 15.9 Å². The Labute approximate surface area is 124 Å². The molecule has 0 aliphatic heterocycles. The van der Waals surface area contributed by atoms with Gasteiger partial charge < -0.3 is 14.8 Å². The van der Waals surface area contributed by atoms with Gasteiger partial charge in [0.1, 0.15) is 5.58 Å². The number of hydrogen-bond donors (Lipinski definition) is 2. The lowest BCUT2D eigenvalue weighted by molar-refractivity contribution is -0.146. The maximum absolute atomic E-state index is 12.0. The highest BCUT2D eigenvalue weighted by Crippen LogP contribution is 2.23. The predicted molar refractivity (Wildman–Crippen MR) is 77.7 cm³/mol. The summed E-state index contributed by atoms with van der Waals surface area (Å²) in [7, 11) is 0. The maximum Gasteiger partial charge on any atom is 0.310 e. The molecule has 20 heavy (non-hydrogen) atoms. The van der Waals surface area contributed by atoms with Crippen LogP contribution in [-0.2, 0) is 4.79 Å². The summed E-state index contributed by atoms with van der Waals surface area (Å²) in [5.74, 6) is -1.22. The molecular formula is C14H14BrNO4. The molecule has 6 heteroatoms. The van der Waals surface area contributed by atoms with E-state index in [1.54, 1.807) is 26.0 Å². The molecule has 0 aliphatic rings. The summed E-state index contributed by atoms with van der Waals surface area (Å²) in [5, 5.41) is 12.4. The molecule has 2 N–H and O–H groups in total. The van der Waals surface area contributed by atoms with E-state index in [1.807, 2.05) is 12.1 Å². The van der Waals surface area contributed by atoms with Crippen LogP contribution in [0.15, 0.2) is 33.2 Å². The van der Waals surface area contributed by atoms with E-state index in [2.05, 4.69) is 21.2 Å². The fourth-order valence-electron chi connectivity index (χ4n) is 1.59. The van der Waals surface area contributed by atoms with Crippen LogP contribution < -0.4 is 5.32 Å². The first-order valence-electron chi connectivity index (χ1n) is 6.00. The summed E-state index contributed by atoms with van der Waals surface area (Å²) in [4.78, 5) is 22.9. The number of amides is 1. The molecule has 1 heterocycles. The summed E-state index contributed by atoms with van der Waals surface area (Å²) in [5.41, 5.74) is -0.416. The SMILES string of the molecule is CC(C)(CNC(=O)c1cc2cc(Br)ccc2o1)C(=O)O. The molecule has 2 rings (SSSR count). The molecule has 0 saturated heterocycles. The van der Waals surface area contributed by atoms with Gasteiger partial charge in [-0.2, -0.15) is 0 Å². The number of carboxylic acid groups (broad SMARTS) is 1. The molecule has 0 saturated carbocycles. The zero-order chi connectivity index (χ0) is 14.9. The number of rotatable bonds is 4. The van der Waals surface area contributed by atoms with Crippen LogP contribution in [0, 0.1) is 5.41 Å². The molecule has 106 valence electrons. The smallest absolute Gasteiger partial charge is 0.310 e. The van der Waals surface area contributed by atoms with E-state index in [4.69, 9.17) is 9.52 Å². The van der Waals surface area contributed by atoms with E-state index in [0.29, 0.717) is 5.58 Å². The second-order valence-corrected chi connectivity index (χ2v) is 6.08. The number of carboxylic acids is 1. The summed E-state index contributed by atoms with van der Waals surface area (Å²) in [6.07, 6.45) is 0. The van der Waals surface area contributed by atoms with Crippen LogP contribution in [0.25, 0.3) is 11.0 Å². The molecule has 1 aromatic heterocycles. The minimum absolute atomic E-state index is 0.0297. The molecule has 0 fully saturated rings. The van der Waals surface area contributed by atoms with E-state index in [-0.39, 0.29) is 12.3 Å². The second kappa shape index (κ2) is 5.28. The third kappa shape index (κ3) is 3.01. The van der Waals surface area contributed by atoms with Gasteiger partial charge >= 0.3 is 5.97 Å². The minimum atomic E-state index is -1.02. The average molecular weight is 340 g/mol. The molecule has 0 radical (unpaired) electrons. The Morgan fingerprint density at radius 3 is 2.70 bits per heavy atom. The van der Waals surface area contributed by atoms with E-state index in [1.165, 1.54) is 0 Å². The van der Waals surface area contributed by atoms with Crippen molar-refractivity contribution in [2.75, 3.05) is 6.54 Å². The molecule has 0 bridgehead atoms. The zero-order valence-electron chi connectivity index (χ0n) is 11.1. The second-order valence-electron chi connectivity index (χ2n) is 5.16. The van der Waals surface area contributed by atoms with Crippen molar-refractivity contribution in [3.63, 3.8) is 0 Å². The van der Waals surface area contributed by atoms with Gasteiger partial charge in [0.25, 0.3) is 5.91 Å². The van der Waals surface area contributed by atoms with Crippen LogP contribution in [0.2, 0.25) is 0 Å². The lowest BCUT2D eigenvalue weighted by Crippen LogP contribution is -2.38. The molecule has 0 spiro atoms. The summed E-state index contributed by atoms with van der Waals surface area (Å²) >= 11 is 3.34. The third-order valence-electron chi connectivity index (χ3n) is 2.97. The van der Waals surface area contributed by atoms with Gasteiger partial charge in [0.15, 0.2) is 5.76 Å². The van der Waals surface area contributed by atoms with E-state index < -0.39 is 17.3 Å². The Kier molecular flexibility index (Phi) is 3.85. The highest BCUT2D eigenvalue weighted by atomic mass is 79.9. The Hall–Kier alpha value is -1.82. The Bertz CT molecular complexity index is 675. The Morgan fingerprint density at radius 2 is 2.05 bits per heavy atom. The average Bonchev–Trinajstić information content (AvgIpc) is 2.78. The van der Waals surface area contributed by atoms with Crippen LogP contribution in [0.1, 0.15) is 24.4 Å². The van der Waals surface area contributed by atoms with Gasteiger partial charge in [-0.3, -0.25) is 9.59 Å². The van der Waals surface area contributed by atoms with Crippen molar-refractivity contribution >= 4 is 38.8 Å². The first kappa shape index (κ1) is 14.6. The van der Waals surface area contributed by atoms with Gasteiger partial charge in [-0.15, -0.1) is 0 Å². The Balaban J connectivity index is 2.14. The number of nitrogens with one attached hydrogen (secondary N) is 1. The number of halogens is 1. The van der Waals surface area contributed by atoms with Gasteiger partial charge in [0.2, 0.25) is 0 Å². The molecule has 1 aromatic carbocycles. The van der Waals surface area contributed by atoms with Crippen LogP contribution in [0.4, 0.5) is 0 Å². The number of fused-ring (bicyclic) bond motifs is 1. The molecule has 0 aliphatic carbocycles. The molecule has 0 atom stereocenters. The standard InChI is InChI=1S/C14H14BrNO4/c1-14(2,13(18)19)7-16-12(17)11-6-8-5-9(15)3-4-10(8)20-11/h3-6H,7H2,1-2H3,(H,16,17)(H,18,19). The Morgan fingerprint density at radius 1 is 1.35 bits per heavy atom. The summed E-state index contributed by atoms with van der Waals surface area (Å²) in [6, 6.07) is 7.05. The van der Waals surface area contributed by atoms with Crippen molar-refractivity contribution in [1.82, 2.24) is 5.32 Å². The molecule has 5 nitrogen and oxygen atoms in total. The van der Waals surface area contributed by atoms with Gasteiger partial charge in [0.05, 0.1) is 5.41 Å². The number of carbonyl (C=O) groups is 2. The van der Waals surface area contributed by atoms with Crippen molar-refractivity contribution < 1.29 is 19.1 Å². The summed E-state index contributed by atoms with van der Waals surface area (Å²) < 4.78 is 6.32. The molecular weight excluding hydrogens is 326 g/mol. The lowest BCUT2D eigenvalue weighted by Gasteiger charge is -2.18. The number of benzene rings is 1. The van der Waals surface area contributed by atoms with Gasteiger partial charge in [0, 0.05) is 16.4 Å². The number of furan rings is 1. The van der Waals surface area contributed by atoms with E-state index in [9.17, 15) is 9.59 Å².